The van der Waals surface area contributed by atoms with E-state index in [1.165, 1.54) is 11.8 Å². The van der Waals surface area contributed by atoms with Crippen LogP contribution >= 0.6 is 11.8 Å². The first kappa shape index (κ1) is 15.4. The fourth-order valence-electron chi connectivity index (χ4n) is 1.57. The lowest BCUT2D eigenvalue weighted by Crippen LogP contribution is -2.13. The Bertz CT molecular complexity index is 543. The van der Waals surface area contributed by atoms with Gasteiger partial charge in [-0.15, -0.1) is 5.10 Å². The maximum atomic E-state index is 11.8. The fraction of sp³-hybridized carbons (Fsp3) is 0.357. The van der Waals surface area contributed by atoms with Crippen LogP contribution in [0.1, 0.15) is 19.8 Å². The first-order valence-electron chi connectivity index (χ1n) is 6.79. The van der Waals surface area contributed by atoms with E-state index in [1.54, 1.807) is 6.20 Å². The predicted molar refractivity (Wildman–Crippen MR) is 82.6 cm³/mol. The summed E-state index contributed by atoms with van der Waals surface area (Å²) >= 11 is 1.33. The lowest BCUT2D eigenvalue weighted by atomic mass is 10.3. The van der Waals surface area contributed by atoms with Crippen LogP contribution in [0.5, 0.6) is 5.75 Å². The monoisotopic (exact) mass is 306 g/mol. The molecule has 2 N–H and O–H groups in total. The van der Waals surface area contributed by atoms with Gasteiger partial charge in [-0.1, -0.05) is 25.1 Å². The smallest absolute Gasteiger partial charge is 0.234 e. The fourth-order valence-corrected chi connectivity index (χ4v) is 2.15. The minimum Gasteiger partial charge on any atom is -0.494 e. The van der Waals surface area contributed by atoms with E-state index in [1.807, 2.05) is 24.3 Å². The highest BCUT2D eigenvalue weighted by Crippen LogP contribution is 2.17. The molecule has 0 fully saturated rings. The number of aromatic nitrogens is 3. The van der Waals surface area contributed by atoms with Crippen molar-refractivity contribution in [2.24, 2.45) is 0 Å². The third kappa shape index (κ3) is 5.47. The maximum absolute atomic E-state index is 11.8. The summed E-state index contributed by atoms with van der Waals surface area (Å²) in [4.78, 5) is 11.8. The van der Waals surface area contributed by atoms with Crippen LogP contribution in [0, 0.1) is 0 Å². The Morgan fingerprint density at radius 2 is 2.19 bits per heavy atom. The molecule has 1 aromatic heterocycles. The van der Waals surface area contributed by atoms with Crippen LogP contribution in [-0.2, 0) is 4.79 Å². The summed E-state index contributed by atoms with van der Waals surface area (Å²) in [6, 6.07) is 7.38. The number of carbonyl (C=O) groups is 1. The topological polar surface area (TPSA) is 79.9 Å². The molecule has 0 radical (unpaired) electrons. The molecule has 0 saturated carbocycles. The number of rotatable bonds is 8. The number of anilines is 1. The molecule has 0 aliphatic carbocycles. The minimum atomic E-state index is -0.0809. The number of amides is 1. The highest BCUT2D eigenvalue weighted by atomic mass is 32.2. The first-order chi connectivity index (χ1) is 10.3. The molecule has 21 heavy (non-hydrogen) atoms. The van der Waals surface area contributed by atoms with Gasteiger partial charge in [0, 0.05) is 5.69 Å². The summed E-state index contributed by atoms with van der Waals surface area (Å²) in [6.45, 7) is 2.84. The second kappa shape index (κ2) is 8.31. The first-order valence-corrected chi connectivity index (χ1v) is 7.78. The van der Waals surface area contributed by atoms with Crippen molar-refractivity contribution in [1.82, 2.24) is 15.4 Å². The SMILES string of the molecule is CCCCOc1ccc(NC(=O)CSc2cn[nH]n2)cc1. The third-order valence-electron chi connectivity index (χ3n) is 2.65. The summed E-state index contributed by atoms with van der Waals surface area (Å²) in [7, 11) is 0. The van der Waals surface area contributed by atoms with Crippen molar-refractivity contribution in [1.29, 1.82) is 0 Å². The van der Waals surface area contributed by atoms with E-state index in [0.717, 1.165) is 30.9 Å². The molecule has 0 saturated heterocycles. The summed E-state index contributed by atoms with van der Waals surface area (Å²) in [6.07, 6.45) is 3.73. The molecule has 1 heterocycles. The van der Waals surface area contributed by atoms with E-state index in [9.17, 15) is 4.79 Å². The van der Waals surface area contributed by atoms with Crippen LogP contribution < -0.4 is 10.1 Å². The number of hydrogen-bond donors (Lipinski definition) is 2. The van der Waals surface area contributed by atoms with Crippen molar-refractivity contribution < 1.29 is 9.53 Å². The number of carbonyl (C=O) groups excluding carboxylic acids is 1. The van der Waals surface area contributed by atoms with Crippen molar-refractivity contribution in [3.63, 3.8) is 0 Å². The number of nitrogens with zero attached hydrogens (tertiary/aromatic N) is 2. The average Bonchev–Trinajstić information content (AvgIpc) is 3.01. The Morgan fingerprint density at radius 1 is 1.38 bits per heavy atom. The van der Waals surface area contributed by atoms with E-state index in [-0.39, 0.29) is 5.91 Å². The number of aromatic amines is 1. The van der Waals surface area contributed by atoms with Crippen molar-refractivity contribution in [2.45, 2.75) is 24.8 Å². The van der Waals surface area contributed by atoms with Gasteiger partial charge in [-0.3, -0.25) is 4.79 Å². The molecule has 0 aliphatic rings. The molecule has 0 bridgehead atoms. The summed E-state index contributed by atoms with van der Waals surface area (Å²) in [5, 5.41) is 13.6. The van der Waals surface area contributed by atoms with Crippen LogP contribution in [-0.4, -0.2) is 33.7 Å². The van der Waals surface area contributed by atoms with Gasteiger partial charge in [-0.25, -0.2) is 0 Å². The van der Waals surface area contributed by atoms with Crippen LogP contribution in [0.25, 0.3) is 0 Å². The Labute approximate surface area is 127 Å². The molecule has 1 amide bonds. The molecule has 2 rings (SSSR count). The van der Waals surface area contributed by atoms with Gasteiger partial charge in [-0.2, -0.15) is 10.3 Å². The zero-order valence-electron chi connectivity index (χ0n) is 11.8. The van der Waals surface area contributed by atoms with Gasteiger partial charge in [0.05, 0.1) is 18.6 Å². The number of H-pyrrole nitrogens is 1. The van der Waals surface area contributed by atoms with Crippen molar-refractivity contribution in [2.75, 3.05) is 17.7 Å². The molecule has 0 atom stereocenters. The summed E-state index contributed by atoms with van der Waals surface area (Å²) in [5.74, 6) is 1.03. The number of thioether (sulfide) groups is 1. The zero-order chi connectivity index (χ0) is 14.9. The largest absolute Gasteiger partial charge is 0.494 e. The van der Waals surface area contributed by atoms with E-state index in [0.29, 0.717) is 10.8 Å². The molecule has 0 spiro atoms. The van der Waals surface area contributed by atoms with E-state index >= 15 is 0 Å². The second-order valence-electron chi connectivity index (χ2n) is 4.37. The summed E-state index contributed by atoms with van der Waals surface area (Å²) < 4.78 is 5.57. The molecular weight excluding hydrogens is 288 g/mol. The van der Waals surface area contributed by atoms with E-state index in [4.69, 9.17) is 4.74 Å². The van der Waals surface area contributed by atoms with Gasteiger partial charge in [0.1, 0.15) is 10.8 Å². The molecule has 7 heteroatoms. The molecule has 112 valence electrons. The molecule has 6 nitrogen and oxygen atoms in total. The van der Waals surface area contributed by atoms with Gasteiger partial charge in [-0.05, 0) is 30.7 Å². The molecular formula is C14H18N4O2S. The molecule has 2 aromatic rings. The second-order valence-corrected chi connectivity index (χ2v) is 5.37. The lowest BCUT2D eigenvalue weighted by molar-refractivity contribution is -0.113. The van der Waals surface area contributed by atoms with E-state index < -0.39 is 0 Å². The Kier molecular flexibility index (Phi) is 6.08. The molecule has 0 aliphatic heterocycles. The normalized spacial score (nSPS) is 10.3. The van der Waals surface area contributed by atoms with Gasteiger partial charge < -0.3 is 10.1 Å². The average molecular weight is 306 g/mol. The Morgan fingerprint density at radius 3 is 2.86 bits per heavy atom. The van der Waals surface area contributed by atoms with E-state index in [2.05, 4.69) is 27.7 Å². The third-order valence-corrected chi connectivity index (χ3v) is 3.55. The summed E-state index contributed by atoms with van der Waals surface area (Å²) in [5.41, 5.74) is 0.753. The van der Waals surface area contributed by atoms with Crippen molar-refractivity contribution in [3.05, 3.63) is 30.5 Å². The van der Waals surface area contributed by atoms with Crippen LogP contribution in [0.3, 0.4) is 0 Å². The van der Waals surface area contributed by atoms with Crippen molar-refractivity contribution >= 4 is 23.4 Å². The highest BCUT2D eigenvalue weighted by Gasteiger charge is 2.05. The van der Waals surface area contributed by atoms with Crippen LogP contribution in [0.2, 0.25) is 0 Å². The number of nitrogens with one attached hydrogen (secondary N) is 2. The molecule has 0 unspecified atom stereocenters. The number of hydrogen-bond acceptors (Lipinski definition) is 5. The van der Waals surface area contributed by atoms with Gasteiger partial charge in [0.15, 0.2) is 0 Å². The standard InChI is InChI=1S/C14H18N4O2S/c1-2-3-8-20-12-6-4-11(5-7-12)16-13(19)10-21-14-9-15-18-17-14/h4-7,9H,2-3,8,10H2,1H3,(H,16,19)(H,15,17,18). The minimum absolute atomic E-state index is 0.0809. The van der Waals surface area contributed by atoms with Gasteiger partial charge in [0.2, 0.25) is 5.91 Å². The van der Waals surface area contributed by atoms with Crippen LogP contribution in [0.4, 0.5) is 5.69 Å². The van der Waals surface area contributed by atoms with Gasteiger partial charge >= 0.3 is 0 Å². The maximum Gasteiger partial charge on any atom is 0.234 e. The highest BCUT2D eigenvalue weighted by molar-refractivity contribution is 7.99. The Hall–Kier alpha value is -2.02. The van der Waals surface area contributed by atoms with Gasteiger partial charge in [0.25, 0.3) is 0 Å². The number of ether oxygens (including phenoxy) is 1. The predicted octanol–water partition coefficient (Wildman–Crippen LogP) is 2.71. The zero-order valence-corrected chi connectivity index (χ0v) is 12.7. The molecule has 1 aromatic carbocycles. The van der Waals surface area contributed by atoms with Crippen LogP contribution in [0.15, 0.2) is 35.5 Å². The lowest BCUT2D eigenvalue weighted by Gasteiger charge is -2.07. The number of benzene rings is 1. The number of unbranched alkanes of at least 4 members (excludes halogenated alkanes) is 1. The van der Waals surface area contributed by atoms with Crippen molar-refractivity contribution in [3.8, 4) is 5.75 Å². The quantitative estimate of drug-likeness (QED) is 0.579. The Balaban J connectivity index is 1.75.